The number of carbonyl (C=O) groups excluding carboxylic acids is 4. The van der Waals surface area contributed by atoms with Gasteiger partial charge in [-0.3, -0.25) is 37.3 Å². The van der Waals surface area contributed by atoms with E-state index in [2.05, 4.69) is 48.5 Å². The molecule has 0 aliphatic heterocycles. The topological polar surface area (TPSA) is 237 Å². The molecule has 0 aromatic carbocycles. The van der Waals surface area contributed by atoms with Crippen molar-refractivity contribution in [3.05, 3.63) is 0 Å². The normalized spacial score (nSPS) is 14.8. The molecule has 0 bridgehead atoms. The molecule has 3 N–H and O–H groups in total. The standard InChI is InChI=1S/C61H118O17P2/c1-8-10-11-12-13-15-19-28-35-42-58(63)71-48-57(78-61(66)45-38-31-23-21-26-33-40-53(5)6)51-76-80(69,70)74-47-55(62)46-73-79(67,68)75-50-56(49-72-59(64)43-36-29-24-22-27-34-41-54(7)9-2)77-60(65)44-37-30-20-17-14-16-18-25-32-39-52(3)4/h52-57,62H,8-51H2,1-7H3,(H,67,68)(H,69,70)/t54?,55-,56-,57-/m1/s1. The summed E-state index contributed by atoms with van der Waals surface area (Å²) in [5, 5.41) is 10.5. The van der Waals surface area contributed by atoms with Gasteiger partial charge in [-0.25, -0.2) is 9.13 Å². The molecule has 19 heteroatoms. The van der Waals surface area contributed by atoms with Gasteiger partial charge in [0.2, 0.25) is 0 Å². The zero-order valence-corrected chi connectivity index (χ0v) is 53.3. The smallest absolute Gasteiger partial charge is 0.462 e. The summed E-state index contributed by atoms with van der Waals surface area (Å²) < 4.78 is 67.8. The van der Waals surface area contributed by atoms with Crippen LogP contribution in [-0.2, 0) is 65.4 Å². The van der Waals surface area contributed by atoms with Gasteiger partial charge in [0, 0.05) is 25.7 Å². The summed E-state index contributed by atoms with van der Waals surface area (Å²) in [5.41, 5.74) is 0. The first-order valence-electron chi connectivity index (χ1n) is 31.9. The highest BCUT2D eigenvalue weighted by atomic mass is 31.2. The minimum absolute atomic E-state index is 0.101. The van der Waals surface area contributed by atoms with Gasteiger partial charge in [-0.2, -0.15) is 0 Å². The Labute approximate surface area is 486 Å². The van der Waals surface area contributed by atoms with Crippen molar-refractivity contribution in [2.45, 2.75) is 311 Å². The minimum atomic E-state index is -4.94. The molecule has 0 aliphatic rings. The van der Waals surface area contributed by atoms with Crippen LogP contribution >= 0.6 is 15.6 Å². The van der Waals surface area contributed by atoms with E-state index in [1.165, 1.54) is 96.3 Å². The Bertz CT molecular complexity index is 1600. The van der Waals surface area contributed by atoms with Crippen molar-refractivity contribution in [1.29, 1.82) is 0 Å². The number of aliphatic hydroxyl groups excluding tert-OH is 1. The van der Waals surface area contributed by atoms with Gasteiger partial charge in [-0.1, -0.05) is 241 Å². The van der Waals surface area contributed by atoms with Crippen LogP contribution in [0.4, 0.5) is 0 Å². The van der Waals surface area contributed by atoms with Gasteiger partial charge in [-0.05, 0) is 43.4 Å². The third-order valence-electron chi connectivity index (χ3n) is 14.2. The lowest BCUT2D eigenvalue weighted by Gasteiger charge is -2.21. The lowest BCUT2D eigenvalue weighted by Crippen LogP contribution is -2.30. The molecule has 3 unspecified atom stereocenters. The molecule has 0 fully saturated rings. The second kappa shape index (κ2) is 52.6. The molecule has 0 rings (SSSR count). The predicted molar refractivity (Wildman–Crippen MR) is 317 cm³/mol. The van der Waals surface area contributed by atoms with Crippen LogP contribution in [0.15, 0.2) is 0 Å². The molecule has 0 aromatic rings. The van der Waals surface area contributed by atoms with E-state index in [0.29, 0.717) is 31.6 Å². The average molecular weight is 1190 g/mol. The third-order valence-corrected chi connectivity index (χ3v) is 16.1. The van der Waals surface area contributed by atoms with E-state index in [-0.39, 0.29) is 25.7 Å². The molecule has 0 saturated carbocycles. The highest BCUT2D eigenvalue weighted by Crippen LogP contribution is 2.45. The molecule has 0 aromatic heterocycles. The Kier molecular flexibility index (Phi) is 51.3. The van der Waals surface area contributed by atoms with E-state index < -0.39 is 97.5 Å². The largest absolute Gasteiger partial charge is 0.472 e. The number of carbonyl (C=O) groups is 4. The molecular formula is C61H118O17P2. The van der Waals surface area contributed by atoms with E-state index in [0.717, 1.165) is 108 Å². The number of phosphoric acid groups is 2. The number of hydrogen-bond donors (Lipinski definition) is 3. The lowest BCUT2D eigenvalue weighted by atomic mass is 10.00. The quantitative estimate of drug-likeness (QED) is 0.0222. The number of unbranched alkanes of at least 4 members (excludes halogenated alkanes) is 26. The van der Waals surface area contributed by atoms with E-state index >= 15 is 0 Å². The summed E-state index contributed by atoms with van der Waals surface area (Å²) in [6.07, 6.45) is 32.3. The lowest BCUT2D eigenvalue weighted by molar-refractivity contribution is -0.161. The maximum absolute atomic E-state index is 12.9. The van der Waals surface area contributed by atoms with Gasteiger partial charge in [0.1, 0.15) is 19.3 Å². The van der Waals surface area contributed by atoms with Crippen molar-refractivity contribution < 1.29 is 80.2 Å². The maximum atomic E-state index is 12.9. The number of rotatable bonds is 59. The summed E-state index contributed by atoms with van der Waals surface area (Å²) in [6.45, 7) is 11.6. The first-order valence-corrected chi connectivity index (χ1v) is 34.9. The average Bonchev–Trinajstić information content (AvgIpc) is 3.41. The van der Waals surface area contributed by atoms with Gasteiger partial charge in [0.25, 0.3) is 0 Å². The van der Waals surface area contributed by atoms with Gasteiger partial charge in [0.15, 0.2) is 12.2 Å². The third kappa shape index (κ3) is 54.0. The monoisotopic (exact) mass is 1180 g/mol. The minimum Gasteiger partial charge on any atom is -0.462 e. The number of hydrogen-bond acceptors (Lipinski definition) is 15. The van der Waals surface area contributed by atoms with Crippen LogP contribution < -0.4 is 0 Å². The Balaban J connectivity index is 5.24. The van der Waals surface area contributed by atoms with Crippen molar-refractivity contribution in [2.75, 3.05) is 39.6 Å². The fraction of sp³-hybridized carbons (Fsp3) is 0.934. The first kappa shape index (κ1) is 78.1. The zero-order chi connectivity index (χ0) is 59.5. The Hall–Kier alpha value is -1.94. The molecule has 0 spiro atoms. The summed E-state index contributed by atoms with van der Waals surface area (Å²) >= 11 is 0. The Morgan fingerprint density at radius 2 is 0.637 bits per heavy atom. The molecule has 0 amide bonds. The van der Waals surface area contributed by atoms with Crippen LogP contribution in [0, 0.1) is 17.8 Å². The van der Waals surface area contributed by atoms with Crippen LogP contribution in [0.1, 0.15) is 292 Å². The molecule has 0 radical (unpaired) electrons. The maximum Gasteiger partial charge on any atom is 0.472 e. The van der Waals surface area contributed by atoms with Gasteiger partial charge < -0.3 is 33.8 Å². The molecular weight excluding hydrogens is 1070 g/mol. The van der Waals surface area contributed by atoms with Gasteiger partial charge >= 0.3 is 39.5 Å². The van der Waals surface area contributed by atoms with E-state index in [1.54, 1.807) is 0 Å². The second-order valence-corrected chi connectivity index (χ2v) is 26.2. The summed E-state index contributed by atoms with van der Waals surface area (Å²) in [5.74, 6) is -0.00947. The summed E-state index contributed by atoms with van der Waals surface area (Å²) in [6, 6.07) is 0. The molecule has 0 saturated heterocycles. The summed E-state index contributed by atoms with van der Waals surface area (Å²) in [4.78, 5) is 72.0. The Morgan fingerprint density at radius 3 is 0.950 bits per heavy atom. The number of ether oxygens (including phenoxy) is 4. The van der Waals surface area contributed by atoms with Crippen LogP contribution in [0.2, 0.25) is 0 Å². The highest BCUT2D eigenvalue weighted by molar-refractivity contribution is 7.47. The zero-order valence-electron chi connectivity index (χ0n) is 51.5. The van der Waals surface area contributed by atoms with Crippen LogP contribution in [-0.4, -0.2) is 96.7 Å². The highest BCUT2D eigenvalue weighted by Gasteiger charge is 2.30. The molecule has 0 aliphatic carbocycles. The van der Waals surface area contributed by atoms with Crippen molar-refractivity contribution in [2.24, 2.45) is 17.8 Å². The number of esters is 4. The Morgan fingerprint density at radius 1 is 0.362 bits per heavy atom. The molecule has 6 atom stereocenters. The molecule has 0 heterocycles. The molecule has 474 valence electrons. The fourth-order valence-electron chi connectivity index (χ4n) is 8.92. The number of phosphoric ester groups is 2. The van der Waals surface area contributed by atoms with Gasteiger partial charge in [0.05, 0.1) is 26.4 Å². The predicted octanol–water partition coefficient (Wildman–Crippen LogP) is 16.3. The van der Waals surface area contributed by atoms with Crippen molar-refractivity contribution in [3.8, 4) is 0 Å². The first-order chi connectivity index (χ1) is 38.3. The van der Waals surface area contributed by atoms with Crippen LogP contribution in [0.3, 0.4) is 0 Å². The van der Waals surface area contributed by atoms with Crippen molar-refractivity contribution >= 4 is 39.5 Å². The molecule has 80 heavy (non-hydrogen) atoms. The fourth-order valence-corrected chi connectivity index (χ4v) is 10.5. The van der Waals surface area contributed by atoms with Gasteiger partial charge in [-0.15, -0.1) is 0 Å². The van der Waals surface area contributed by atoms with Crippen molar-refractivity contribution in [1.82, 2.24) is 0 Å². The molecule has 17 nitrogen and oxygen atoms in total. The van der Waals surface area contributed by atoms with E-state index in [9.17, 15) is 43.2 Å². The van der Waals surface area contributed by atoms with Crippen LogP contribution in [0.25, 0.3) is 0 Å². The number of aliphatic hydroxyl groups is 1. The second-order valence-electron chi connectivity index (χ2n) is 23.3. The van der Waals surface area contributed by atoms with Crippen molar-refractivity contribution in [3.63, 3.8) is 0 Å². The SMILES string of the molecule is CCCCCCCCCCCC(=O)OC[C@H](COP(=O)(O)OC[C@H](O)COP(=O)(O)OC[C@@H](COC(=O)CCCCCCCCC(C)CC)OC(=O)CCCCCCCCCCCC(C)C)OC(=O)CCCCCCCCC(C)C. The summed E-state index contributed by atoms with van der Waals surface area (Å²) in [7, 11) is -9.88. The van der Waals surface area contributed by atoms with E-state index in [4.69, 9.17) is 37.0 Å². The van der Waals surface area contributed by atoms with E-state index in [1.807, 2.05) is 0 Å². The van der Waals surface area contributed by atoms with Crippen LogP contribution in [0.5, 0.6) is 0 Å².